The molecule has 1 amide bonds. The van der Waals surface area contributed by atoms with Gasteiger partial charge in [-0.25, -0.2) is 0 Å². The number of carbonyl (C=O) groups is 1. The van der Waals surface area contributed by atoms with Gasteiger partial charge in [-0.1, -0.05) is 37.8 Å². The molecule has 2 heteroatoms. The smallest absolute Gasteiger partial charge is 0.220 e. The van der Waals surface area contributed by atoms with Gasteiger partial charge in [0.2, 0.25) is 5.91 Å². The van der Waals surface area contributed by atoms with Gasteiger partial charge in [0.1, 0.15) is 0 Å². The van der Waals surface area contributed by atoms with Gasteiger partial charge in [0.25, 0.3) is 0 Å². The molecule has 17 heavy (non-hydrogen) atoms. The Labute approximate surface area is 104 Å². The van der Waals surface area contributed by atoms with E-state index in [4.69, 9.17) is 0 Å². The number of hydrogen-bond acceptors (Lipinski definition) is 1. The summed E-state index contributed by atoms with van der Waals surface area (Å²) in [5.74, 6) is 0.179. The van der Waals surface area contributed by atoms with E-state index < -0.39 is 0 Å². The highest BCUT2D eigenvalue weighted by Gasteiger charge is 2.33. The molecule has 1 saturated heterocycles. The van der Waals surface area contributed by atoms with E-state index in [2.05, 4.69) is 37.0 Å². The molecule has 1 unspecified atom stereocenters. The van der Waals surface area contributed by atoms with Crippen LogP contribution in [0.25, 0.3) is 0 Å². The van der Waals surface area contributed by atoms with Crippen molar-refractivity contribution < 1.29 is 4.79 Å². The summed E-state index contributed by atoms with van der Waals surface area (Å²) in [6.45, 7) is 8.74. The first-order chi connectivity index (χ1) is 8.18. The second-order valence-corrected chi connectivity index (χ2v) is 4.62. The van der Waals surface area contributed by atoms with Gasteiger partial charge in [0.15, 0.2) is 0 Å². The quantitative estimate of drug-likeness (QED) is 0.741. The third kappa shape index (κ3) is 3.32. The molecular weight excluding hydrogens is 210 g/mol. The number of allylic oxidation sites excluding steroid dienone is 4. The third-order valence-electron chi connectivity index (χ3n) is 3.62. The van der Waals surface area contributed by atoms with Crippen molar-refractivity contribution in [3.8, 4) is 0 Å². The summed E-state index contributed by atoms with van der Waals surface area (Å²) >= 11 is 0. The molecule has 0 radical (unpaired) electrons. The molecule has 1 heterocycles. The molecule has 1 aliphatic rings. The van der Waals surface area contributed by atoms with Crippen LogP contribution in [-0.4, -0.2) is 12.5 Å². The highest BCUT2D eigenvalue weighted by Crippen LogP contribution is 2.38. The maximum Gasteiger partial charge on any atom is 0.220 e. The number of carbonyl (C=O) groups excluding carboxylic acids is 1. The van der Waals surface area contributed by atoms with Crippen molar-refractivity contribution in [3.05, 3.63) is 36.5 Å². The van der Waals surface area contributed by atoms with Crippen LogP contribution < -0.4 is 5.32 Å². The molecule has 0 aromatic carbocycles. The van der Waals surface area contributed by atoms with E-state index >= 15 is 0 Å². The molecule has 1 N–H and O–H groups in total. The normalized spacial score (nSPS) is 26.7. The summed E-state index contributed by atoms with van der Waals surface area (Å²) in [4.78, 5) is 11.5. The first-order valence-electron chi connectivity index (χ1n) is 6.41. The van der Waals surface area contributed by atoms with Gasteiger partial charge in [0, 0.05) is 18.4 Å². The van der Waals surface area contributed by atoms with Crippen molar-refractivity contribution in [3.63, 3.8) is 0 Å². The SMILES string of the molecule is C=C/C=C(\C=C/C)C1(CC)CCCC(=O)NC1. The van der Waals surface area contributed by atoms with Crippen molar-refractivity contribution in [2.24, 2.45) is 5.41 Å². The molecular formula is C15H23NO. The van der Waals surface area contributed by atoms with Crippen molar-refractivity contribution in [1.82, 2.24) is 5.32 Å². The van der Waals surface area contributed by atoms with Crippen LogP contribution in [0.2, 0.25) is 0 Å². The van der Waals surface area contributed by atoms with Crippen LogP contribution in [0.4, 0.5) is 0 Å². The van der Waals surface area contributed by atoms with Crippen LogP contribution >= 0.6 is 0 Å². The Morgan fingerprint density at radius 2 is 2.35 bits per heavy atom. The topological polar surface area (TPSA) is 29.1 Å². The Kier molecular flexibility index (Phi) is 5.20. The van der Waals surface area contributed by atoms with Crippen LogP contribution in [-0.2, 0) is 4.79 Å². The molecule has 1 atom stereocenters. The predicted octanol–water partition coefficient (Wildman–Crippen LogP) is 3.37. The van der Waals surface area contributed by atoms with E-state index in [-0.39, 0.29) is 11.3 Å². The Morgan fingerprint density at radius 3 is 2.94 bits per heavy atom. The molecule has 0 bridgehead atoms. The van der Waals surface area contributed by atoms with Crippen molar-refractivity contribution >= 4 is 5.91 Å². The second-order valence-electron chi connectivity index (χ2n) is 4.62. The average molecular weight is 233 g/mol. The van der Waals surface area contributed by atoms with E-state index in [0.717, 1.165) is 25.8 Å². The van der Waals surface area contributed by atoms with Crippen LogP contribution in [0.1, 0.15) is 39.5 Å². The second kappa shape index (κ2) is 6.43. The molecule has 0 aromatic heterocycles. The van der Waals surface area contributed by atoms with Gasteiger partial charge in [-0.3, -0.25) is 4.79 Å². The summed E-state index contributed by atoms with van der Waals surface area (Å²) in [5, 5.41) is 3.04. The fourth-order valence-electron chi connectivity index (χ4n) is 2.50. The zero-order valence-electron chi connectivity index (χ0n) is 11.0. The summed E-state index contributed by atoms with van der Waals surface area (Å²) in [6.07, 6.45) is 11.8. The fourth-order valence-corrected chi connectivity index (χ4v) is 2.50. The van der Waals surface area contributed by atoms with Crippen LogP contribution in [0.5, 0.6) is 0 Å². The first-order valence-corrected chi connectivity index (χ1v) is 6.41. The van der Waals surface area contributed by atoms with Gasteiger partial charge < -0.3 is 5.32 Å². The minimum atomic E-state index is 0.0762. The summed E-state index contributed by atoms with van der Waals surface area (Å²) in [7, 11) is 0. The lowest BCUT2D eigenvalue weighted by Gasteiger charge is -2.33. The monoisotopic (exact) mass is 233 g/mol. The lowest BCUT2D eigenvalue weighted by Crippen LogP contribution is -2.35. The van der Waals surface area contributed by atoms with E-state index in [0.29, 0.717) is 6.42 Å². The standard InChI is InChI=1S/C15H23NO/c1-4-8-13(9-5-2)15(6-3)11-7-10-14(17)16-12-15/h4-5,8-9H,1,6-7,10-12H2,2-3H3,(H,16,17)/b9-5-,13-8+. The lowest BCUT2D eigenvalue weighted by atomic mass is 9.73. The molecule has 1 rings (SSSR count). The molecule has 1 fully saturated rings. The minimum Gasteiger partial charge on any atom is -0.355 e. The Bertz CT molecular complexity index is 341. The van der Waals surface area contributed by atoms with Crippen LogP contribution in [0, 0.1) is 5.41 Å². The van der Waals surface area contributed by atoms with Crippen molar-refractivity contribution in [1.29, 1.82) is 0 Å². The number of nitrogens with one attached hydrogen (secondary N) is 1. The molecule has 94 valence electrons. The maximum absolute atomic E-state index is 11.5. The zero-order chi connectivity index (χ0) is 12.7. The highest BCUT2D eigenvalue weighted by molar-refractivity contribution is 5.76. The molecule has 0 spiro atoms. The highest BCUT2D eigenvalue weighted by atomic mass is 16.1. The van der Waals surface area contributed by atoms with E-state index in [1.165, 1.54) is 5.57 Å². The average Bonchev–Trinajstić information content (AvgIpc) is 2.52. The summed E-state index contributed by atoms with van der Waals surface area (Å²) in [5.41, 5.74) is 1.35. The van der Waals surface area contributed by atoms with E-state index in [1.807, 2.05) is 13.0 Å². The summed E-state index contributed by atoms with van der Waals surface area (Å²) < 4.78 is 0. The Morgan fingerprint density at radius 1 is 1.59 bits per heavy atom. The van der Waals surface area contributed by atoms with Crippen LogP contribution in [0.3, 0.4) is 0 Å². The molecule has 0 aromatic rings. The maximum atomic E-state index is 11.5. The third-order valence-corrected chi connectivity index (χ3v) is 3.62. The number of amides is 1. The largest absolute Gasteiger partial charge is 0.355 e. The fraction of sp³-hybridized carbons (Fsp3) is 0.533. The van der Waals surface area contributed by atoms with Gasteiger partial charge in [0.05, 0.1) is 0 Å². The Hall–Kier alpha value is -1.31. The van der Waals surface area contributed by atoms with Crippen molar-refractivity contribution in [2.75, 3.05) is 6.54 Å². The van der Waals surface area contributed by atoms with Gasteiger partial charge >= 0.3 is 0 Å². The first kappa shape index (κ1) is 13.8. The number of hydrogen-bond donors (Lipinski definition) is 1. The van der Waals surface area contributed by atoms with E-state index in [9.17, 15) is 4.79 Å². The van der Waals surface area contributed by atoms with E-state index in [1.54, 1.807) is 0 Å². The minimum absolute atomic E-state index is 0.0762. The molecule has 1 aliphatic heterocycles. The van der Waals surface area contributed by atoms with Gasteiger partial charge in [-0.05, 0) is 31.8 Å². The number of rotatable bonds is 4. The van der Waals surface area contributed by atoms with Crippen LogP contribution in [0.15, 0.2) is 36.5 Å². The van der Waals surface area contributed by atoms with Gasteiger partial charge in [-0.15, -0.1) is 0 Å². The predicted molar refractivity (Wildman–Crippen MR) is 72.7 cm³/mol. The lowest BCUT2D eigenvalue weighted by molar-refractivity contribution is -0.120. The van der Waals surface area contributed by atoms with Crippen molar-refractivity contribution in [2.45, 2.75) is 39.5 Å². The van der Waals surface area contributed by atoms with Gasteiger partial charge in [-0.2, -0.15) is 0 Å². The zero-order valence-corrected chi connectivity index (χ0v) is 11.0. The Balaban J connectivity index is 3.03. The molecule has 0 saturated carbocycles. The molecule has 2 nitrogen and oxygen atoms in total. The summed E-state index contributed by atoms with van der Waals surface area (Å²) in [6, 6.07) is 0. The molecule has 0 aliphatic carbocycles.